The van der Waals surface area contributed by atoms with Gasteiger partial charge in [-0.15, -0.1) is 0 Å². The highest BCUT2D eigenvalue weighted by Crippen LogP contribution is 2.11. The Morgan fingerprint density at radius 3 is 2.74 bits per heavy atom. The lowest BCUT2D eigenvalue weighted by atomic mass is 10.1. The third-order valence-electron chi connectivity index (χ3n) is 2.96. The molecule has 2 rings (SSSR count). The molecule has 1 amide bonds. The number of pyridine rings is 1. The summed E-state index contributed by atoms with van der Waals surface area (Å²) in [6, 6.07) is 1.56. The first-order valence-electron chi connectivity index (χ1n) is 5.99. The van der Waals surface area contributed by atoms with Crippen LogP contribution in [0.4, 0.5) is 0 Å². The third-order valence-corrected chi connectivity index (χ3v) is 2.96. The number of H-pyrrole nitrogens is 2. The summed E-state index contributed by atoms with van der Waals surface area (Å²) in [6.45, 7) is 5.37. The second kappa shape index (κ2) is 5.09. The van der Waals surface area contributed by atoms with Crippen molar-refractivity contribution in [2.75, 3.05) is 0 Å². The summed E-state index contributed by atoms with van der Waals surface area (Å²) in [5, 5.41) is 9.29. The average molecular weight is 260 g/mol. The van der Waals surface area contributed by atoms with E-state index in [1.807, 2.05) is 6.92 Å². The van der Waals surface area contributed by atoms with Gasteiger partial charge in [0.15, 0.2) is 0 Å². The van der Waals surface area contributed by atoms with E-state index < -0.39 is 0 Å². The van der Waals surface area contributed by atoms with Crippen LogP contribution >= 0.6 is 0 Å². The number of aromatic nitrogens is 3. The Labute approximate surface area is 110 Å². The molecule has 0 saturated carbocycles. The largest absolute Gasteiger partial charge is 0.345 e. The van der Waals surface area contributed by atoms with Gasteiger partial charge < -0.3 is 10.3 Å². The maximum atomic E-state index is 12.1. The second-order valence-electron chi connectivity index (χ2n) is 4.57. The zero-order chi connectivity index (χ0) is 14.0. The molecule has 2 aromatic rings. The molecule has 0 aliphatic heterocycles. The van der Waals surface area contributed by atoms with Crippen molar-refractivity contribution in [3.8, 4) is 0 Å². The number of nitrogens with one attached hydrogen (secondary N) is 3. The quantitative estimate of drug-likeness (QED) is 0.774. The van der Waals surface area contributed by atoms with Gasteiger partial charge in [-0.3, -0.25) is 14.7 Å². The number of rotatable bonds is 3. The first kappa shape index (κ1) is 13.1. The molecule has 0 aliphatic carbocycles. The smallest absolute Gasteiger partial charge is 0.261 e. The zero-order valence-electron chi connectivity index (χ0n) is 11.1. The number of hydrogen-bond donors (Lipinski definition) is 3. The van der Waals surface area contributed by atoms with Gasteiger partial charge in [0, 0.05) is 17.5 Å². The summed E-state index contributed by atoms with van der Waals surface area (Å²) >= 11 is 0. The number of nitrogens with zero attached hydrogens (tertiary/aromatic N) is 1. The molecule has 19 heavy (non-hydrogen) atoms. The Hall–Kier alpha value is -2.37. The first-order chi connectivity index (χ1) is 8.99. The van der Waals surface area contributed by atoms with Crippen LogP contribution in [0.25, 0.3) is 0 Å². The van der Waals surface area contributed by atoms with Gasteiger partial charge >= 0.3 is 0 Å². The molecule has 0 saturated heterocycles. The Kier molecular flexibility index (Phi) is 3.50. The van der Waals surface area contributed by atoms with Gasteiger partial charge in [-0.25, -0.2) is 0 Å². The molecule has 2 heterocycles. The summed E-state index contributed by atoms with van der Waals surface area (Å²) in [6.07, 6.45) is 3.34. The van der Waals surface area contributed by atoms with Crippen LogP contribution < -0.4 is 10.9 Å². The molecule has 0 radical (unpaired) electrons. The molecule has 100 valence electrons. The highest BCUT2D eigenvalue weighted by Gasteiger charge is 2.17. The van der Waals surface area contributed by atoms with E-state index in [2.05, 4.69) is 20.5 Å². The molecule has 0 fully saturated rings. The minimum absolute atomic E-state index is 0.154. The van der Waals surface area contributed by atoms with Crippen LogP contribution in [-0.2, 0) is 0 Å². The monoisotopic (exact) mass is 260 g/mol. The molecule has 0 bridgehead atoms. The van der Waals surface area contributed by atoms with Crippen LogP contribution in [0, 0.1) is 13.8 Å². The molecule has 3 N–H and O–H groups in total. The Bertz CT molecular complexity index is 643. The van der Waals surface area contributed by atoms with E-state index in [1.165, 1.54) is 0 Å². The average Bonchev–Trinajstić information content (AvgIpc) is 2.80. The van der Waals surface area contributed by atoms with Gasteiger partial charge in [0.25, 0.3) is 11.5 Å². The highest BCUT2D eigenvalue weighted by atomic mass is 16.2. The maximum Gasteiger partial charge on any atom is 0.261 e. The summed E-state index contributed by atoms with van der Waals surface area (Å²) in [5.41, 5.74) is 2.05. The van der Waals surface area contributed by atoms with Crippen molar-refractivity contribution in [3.63, 3.8) is 0 Å². The second-order valence-corrected chi connectivity index (χ2v) is 4.57. The van der Waals surface area contributed by atoms with Gasteiger partial charge in [-0.2, -0.15) is 5.10 Å². The molecule has 0 aliphatic rings. The number of hydrogen-bond acceptors (Lipinski definition) is 3. The minimum atomic E-state index is -0.382. The van der Waals surface area contributed by atoms with Crippen molar-refractivity contribution in [1.82, 2.24) is 20.5 Å². The minimum Gasteiger partial charge on any atom is -0.345 e. The summed E-state index contributed by atoms with van der Waals surface area (Å²) < 4.78 is 0. The van der Waals surface area contributed by atoms with Crippen LogP contribution in [-0.4, -0.2) is 21.1 Å². The van der Waals surface area contributed by atoms with Crippen molar-refractivity contribution in [2.24, 2.45) is 0 Å². The maximum absolute atomic E-state index is 12.1. The Morgan fingerprint density at radius 2 is 2.16 bits per heavy atom. The predicted molar refractivity (Wildman–Crippen MR) is 71.0 cm³/mol. The van der Waals surface area contributed by atoms with Crippen molar-refractivity contribution in [2.45, 2.75) is 26.8 Å². The molecular formula is C13H16N4O2. The summed E-state index contributed by atoms with van der Waals surface area (Å²) in [5.74, 6) is -0.382. The first-order valence-corrected chi connectivity index (χ1v) is 5.99. The van der Waals surface area contributed by atoms with E-state index in [1.54, 1.807) is 32.3 Å². The normalized spacial score (nSPS) is 12.2. The van der Waals surface area contributed by atoms with Gasteiger partial charge in [-0.1, -0.05) is 0 Å². The lowest BCUT2D eigenvalue weighted by Crippen LogP contribution is -2.32. The van der Waals surface area contributed by atoms with Gasteiger partial charge in [0.1, 0.15) is 5.56 Å². The standard InChI is InChI=1S/C13H16N4O2/c1-7-4-8(2)16-12(18)11(7)13(19)17-9(3)10-5-14-15-6-10/h4-6,9H,1-3H3,(H,14,15)(H,16,18)(H,17,19). The fourth-order valence-corrected chi connectivity index (χ4v) is 1.99. The van der Waals surface area contributed by atoms with E-state index in [0.29, 0.717) is 5.56 Å². The van der Waals surface area contributed by atoms with Crippen LogP contribution in [0.2, 0.25) is 0 Å². The fraction of sp³-hybridized carbons (Fsp3) is 0.308. The lowest BCUT2D eigenvalue weighted by Gasteiger charge is -2.13. The van der Waals surface area contributed by atoms with Crippen LogP contribution in [0.3, 0.4) is 0 Å². The summed E-state index contributed by atoms with van der Waals surface area (Å²) in [7, 11) is 0. The number of carbonyl (C=O) groups excluding carboxylic acids is 1. The van der Waals surface area contributed by atoms with Gasteiger partial charge in [-0.05, 0) is 32.4 Å². The summed E-state index contributed by atoms with van der Waals surface area (Å²) in [4.78, 5) is 26.6. The number of carbonyl (C=O) groups is 1. The van der Waals surface area contributed by atoms with Crippen LogP contribution in [0.1, 0.15) is 40.1 Å². The zero-order valence-corrected chi connectivity index (χ0v) is 11.1. The molecule has 0 spiro atoms. The highest BCUT2D eigenvalue weighted by molar-refractivity contribution is 5.95. The topological polar surface area (TPSA) is 90.6 Å². The van der Waals surface area contributed by atoms with E-state index in [0.717, 1.165) is 11.3 Å². The Balaban J connectivity index is 2.24. The molecule has 2 aromatic heterocycles. The van der Waals surface area contributed by atoms with E-state index in [4.69, 9.17) is 0 Å². The van der Waals surface area contributed by atoms with Crippen molar-refractivity contribution in [3.05, 3.63) is 51.2 Å². The van der Waals surface area contributed by atoms with Crippen molar-refractivity contribution >= 4 is 5.91 Å². The number of aryl methyl sites for hydroxylation is 2. The molecule has 0 aromatic carbocycles. The van der Waals surface area contributed by atoms with E-state index in [9.17, 15) is 9.59 Å². The van der Waals surface area contributed by atoms with E-state index in [-0.39, 0.29) is 23.1 Å². The van der Waals surface area contributed by atoms with E-state index >= 15 is 0 Å². The third kappa shape index (κ3) is 2.73. The number of aromatic amines is 2. The molecule has 1 unspecified atom stereocenters. The lowest BCUT2D eigenvalue weighted by molar-refractivity contribution is 0.0937. The van der Waals surface area contributed by atoms with Gasteiger partial charge in [0.2, 0.25) is 0 Å². The number of amides is 1. The predicted octanol–water partition coefficient (Wildman–Crippen LogP) is 1.21. The SMILES string of the molecule is Cc1cc(C)c(C(=O)NC(C)c2cn[nH]c2)c(=O)[nH]1. The molecular weight excluding hydrogens is 244 g/mol. The van der Waals surface area contributed by atoms with Crippen molar-refractivity contribution < 1.29 is 4.79 Å². The van der Waals surface area contributed by atoms with Crippen LogP contribution in [0.15, 0.2) is 23.3 Å². The molecule has 6 heteroatoms. The molecule has 1 atom stereocenters. The molecule has 6 nitrogen and oxygen atoms in total. The van der Waals surface area contributed by atoms with Crippen molar-refractivity contribution in [1.29, 1.82) is 0 Å². The Morgan fingerprint density at radius 1 is 1.42 bits per heavy atom. The van der Waals surface area contributed by atoms with Crippen LogP contribution in [0.5, 0.6) is 0 Å². The fourth-order valence-electron chi connectivity index (χ4n) is 1.99. The van der Waals surface area contributed by atoms with Gasteiger partial charge in [0.05, 0.1) is 12.2 Å².